The van der Waals surface area contributed by atoms with Gasteiger partial charge >= 0.3 is 0 Å². The fourth-order valence-corrected chi connectivity index (χ4v) is 5.37. The van der Waals surface area contributed by atoms with E-state index in [4.69, 9.17) is 0 Å². The Morgan fingerprint density at radius 1 is 0.750 bits per heavy atom. The summed E-state index contributed by atoms with van der Waals surface area (Å²) in [6.45, 7) is 7.60. The highest BCUT2D eigenvalue weighted by molar-refractivity contribution is 5.92. The number of hydrogen-bond donors (Lipinski definition) is 1. The molecular weight excluding hydrogens is 452 g/mol. The molecule has 0 unspecified atom stereocenters. The van der Waals surface area contributed by atoms with Gasteiger partial charge in [-0.25, -0.2) is 9.97 Å². The summed E-state index contributed by atoms with van der Waals surface area (Å²) in [6, 6.07) is 19.0. The second kappa shape index (κ2) is 9.94. The molecule has 0 amide bonds. The minimum Gasteiger partial charge on any atom is -0.367 e. The van der Waals surface area contributed by atoms with E-state index in [0.29, 0.717) is 17.3 Å². The molecule has 2 aliphatic rings. The maximum atomic E-state index is 12.0. The first kappa shape index (κ1) is 22.5. The molecule has 0 spiro atoms. The fourth-order valence-electron chi connectivity index (χ4n) is 5.37. The summed E-state index contributed by atoms with van der Waals surface area (Å²) in [4.78, 5) is 33.5. The van der Waals surface area contributed by atoms with Crippen LogP contribution in [-0.4, -0.2) is 72.2 Å². The molecule has 2 saturated heterocycles. The minimum atomic E-state index is 0.357. The number of hydrogen-bond acceptors (Lipinski definition) is 8. The van der Waals surface area contributed by atoms with Gasteiger partial charge in [-0.2, -0.15) is 0 Å². The maximum Gasteiger partial charge on any atom is 0.192 e. The van der Waals surface area contributed by atoms with E-state index in [1.807, 2.05) is 12.3 Å². The van der Waals surface area contributed by atoms with Crippen molar-refractivity contribution in [2.75, 3.05) is 67.1 Å². The van der Waals surface area contributed by atoms with Gasteiger partial charge in [-0.15, -0.1) is 4.91 Å². The Labute approximate surface area is 210 Å². The molecule has 4 heterocycles. The molecule has 9 nitrogen and oxygen atoms in total. The number of aromatic amines is 1. The third-order valence-electron chi connectivity index (χ3n) is 7.29. The normalized spacial score (nSPS) is 17.1. The van der Waals surface area contributed by atoms with Crippen LogP contribution in [0.5, 0.6) is 0 Å². The number of piperazine rings is 2. The summed E-state index contributed by atoms with van der Waals surface area (Å²) < 4.78 is 0. The zero-order valence-electron chi connectivity index (χ0n) is 20.3. The Balaban J connectivity index is 1.13. The topological polar surface area (TPSA) is 84.0 Å². The smallest absolute Gasteiger partial charge is 0.192 e. The van der Waals surface area contributed by atoms with Gasteiger partial charge in [0.15, 0.2) is 17.3 Å². The quantitative estimate of drug-likeness (QED) is 0.416. The first-order valence-corrected chi connectivity index (χ1v) is 12.6. The third-order valence-corrected chi connectivity index (χ3v) is 7.29. The van der Waals surface area contributed by atoms with Gasteiger partial charge < -0.3 is 19.7 Å². The molecule has 2 aromatic heterocycles. The van der Waals surface area contributed by atoms with Crippen LogP contribution in [0.3, 0.4) is 0 Å². The summed E-state index contributed by atoms with van der Waals surface area (Å²) in [5, 5.41) is 4.66. The van der Waals surface area contributed by atoms with Crippen molar-refractivity contribution in [2.24, 2.45) is 5.18 Å². The number of fused-ring (bicyclic) bond motifs is 1. The standard InChI is InChI=1S/C27H30N8O/c36-31-25-26(34-13-11-32(12-14-34)19-21-5-2-1-3-6-21)29-20-30-27(25)35-17-15-33(16-18-35)24-8-4-7-23-22(24)9-10-28-23/h1-10,20,28H,11-19H2. The molecule has 0 atom stereocenters. The largest absolute Gasteiger partial charge is 0.367 e. The Hall–Kier alpha value is -3.98. The molecule has 6 rings (SSSR count). The summed E-state index contributed by atoms with van der Waals surface area (Å²) in [7, 11) is 0. The molecule has 184 valence electrons. The van der Waals surface area contributed by atoms with Crippen LogP contribution in [0.4, 0.5) is 23.0 Å². The van der Waals surface area contributed by atoms with E-state index in [0.717, 1.165) is 64.4 Å². The Bertz CT molecular complexity index is 1320. The van der Waals surface area contributed by atoms with Crippen molar-refractivity contribution in [3.63, 3.8) is 0 Å². The predicted molar refractivity (Wildman–Crippen MR) is 144 cm³/mol. The van der Waals surface area contributed by atoms with Crippen molar-refractivity contribution in [2.45, 2.75) is 6.54 Å². The van der Waals surface area contributed by atoms with Gasteiger partial charge in [-0.3, -0.25) is 4.90 Å². The van der Waals surface area contributed by atoms with Gasteiger partial charge in [0.25, 0.3) is 0 Å². The first-order valence-electron chi connectivity index (χ1n) is 12.6. The van der Waals surface area contributed by atoms with Crippen LogP contribution in [0, 0.1) is 4.91 Å². The monoisotopic (exact) mass is 482 g/mol. The molecule has 2 fully saturated rings. The first-order chi connectivity index (χ1) is 17.8. The predicted octanol–water partition coefficient (Wildman–Crippen LogP) is 4.00. The molecule has 2 aliphatic heterocycles. The van der Waals surface area contributed by atoms with Crippen LogP contribution in [0.1, 0.15) is 5.56 Å². The molecule has 0 radical (unpaired) electrons. The number of benzene rings is 2. The Morgan fingerprint density at radius 2 is 1.42 bits per heavy atom. The van der Waals surface area contributed by atoms with Gasteiger partial charge in [-0.05, 0) is 28.9 Å². The molecule has 1 N–H and O–H groups in total. The lowest BCUT2D eigenvalue weighted by atomic mass is 10.1. The van der Waals surface area contributed by atoms with Gasteiger partial charge in [0, 0.05) is 81.7 Å². The second-order valence-electron chi connectivity index (χ2n) is 9.40. The molecule has 9 heteroatoms. The lowest BCUT2D eigenvalue weighted by Gasteiger charge is -2.38. The maximum absolute atomic E-state index is 12.0. The number of anilines is 3. The molecule has 0 bridgehead atoms. The summed E-state index contributed by atoms with van der Waals surface area (Å²) >= 11 is 0. The van der Waals surface area contributed by atoms with Crippen molar-refractivity contribution >= 4 is 33.9 Å². The van der Waals surface area contributed by atoms with Crippen LogP contribution < -0.4 is 14.7 Å². The van der Waals surface area contributed by atoms with Crippen LogP contribution in [-0.2, 0) is 6.54 Å². The van der Waals surface area contributed by atoms with E-state index in [1.54, 1.807) is 6.33 Å². The highest BCUT2D eigenvalue weighted by Crippen LogP contribution is 2.36. The lowest BCUT2D eigenvalue weighted by Crippen LogP contribution is -2.47. The molecule has 2 aromatic carbocycles. The Morgan fingerprint density at radius 3 is 2.11 bits per heavy atom. The van der Waals surface area contributed by atoms with Gasteiger partial charge in [0.1, 0.15) is 6.33 Å². The molecule has 0 aliphatic carbocycles. The van der Waals surface area contributed by atoms with Crippen LogP contribution in [0.2, 0.25) is 0 Å². The zero-order chi connectivity index (χ0) is 24.3. The number of rotatable bonds is 6. The van der Waals surface area contributed by atoms with Crippen molar-refractivity contribution in [3.8, 4) is 0 Å². The van der Waals surface area contributed by atoms with Crippen LogP contribution in [0.15, 0.2) is 72.3 Å². The van der Waals surface area contributed by atoms with E-state index in [9.17, 15) is 4.91 Å². The number of aromatic nitrogens is 3. The summed E-state index contributed by atoms with van der Waals surface area (Å²) in [5.41, 5.74) is 4.05. The molecule has 0 saturated carbocycles. The molecular formula is C27H30N8O. The average Bonchev–Trinajstić information content (AvgIpc) is 3.43. The number of nitrogens with zero attached hydrogens (tertiary/aromatic N) is 7. The fraction of sp³-hybridized carbons (Fsp3) is 0.333. The number of nitroso groups, excluding NO2 is 1. The van der Waals surface area contributed by atoms with E-state index < -0.39 is 0 Å². The van der Waals surface area contributed by atoms with E-state index in [2.05, 4.69) is 88.3 Å². The van der Waals surface area contributed by atoms with E-state index >= 15 is 0 Å². The van der Waals surface area contributed by atoms with E-state index in [1.165, 1.54) is 16.6 Å². The van der Waals surface area contributed by atoms with Gasteiger partial charge in [0.05, 0.1) is 0 Å². The SMILES string of the molecule is O=Nc1c(N2CCN(Cc3ccccc3)CC2)ncnc1N1CCN(c2cccc3[nH]ccc23)CC1. The lowest BCUT2D eigenvalue weighted by molar-refractivity contribution is 0.249. The van der Waals surface area contributed by atoms with Gasteiger partial charge in [-0.1, -0.05) is 36.4 Å². The minimum absolute atomic E-state index is 0.357. The summed E-state index contributed by atoms with van der Waals surface area (Å²) in [6.07, 6.45) is 3.55. The number of H-pyrrole nitrogens is 1. The number of nitrogens with one attached hydrogen (secondary N) is 1. The van der Waals surface area contributed by atoms with Crippen molar-refractivity contribution < 1.29 is 0 Å². The molecule has 36 heavy (non-hydrogen) atoms. The highest BCUT2D eigenvalue weighted by Gasteiger charge is 2.27. The molecule has 4 aromatic rings. The summed E-state index contributed by atoms with van der Waals surface area (Å²) in [5.74, 6) is 1.29. The van der Waals surface area contributed by atoms with Gasteiger partial charge in [0.2, 0.25) is 0 Å². The van der Waals surface area contributed by atoms with Crippen molar-refractivity contribution in [1.82, 2.24) is 19.9 Å². The highest BCUT2D eigenvalue weighted by atomic mass is 16.3. The Kier molecular flexibility index (Phi) is 6.21. The van der Waals surface area contributed by atoms with Crippen molar-refractivity contribution in [3.05, 3.63) is 77.6 Å². The van der Waals surface area contributed by atoms with Crippen LogP contribution >= 0.6 is 0 Å². The third kappa shape index (κ3) is 4.37. The average molecular weight is 483 g/mol. The van der Waals surface area contributed by atoms with Crippen molar-refractivity contribution in [1.29, 1.82) is 0 Å². The van der Waals surface area contributed by atoms with Crippen LogP contribution in [0.25, 0.3) is 10.9 Å². The van der Waals surface area contributed by atoms with E-state index in [-0.39, 0.29) is 0 Å². The second-order valence-corrected chi connectivity index (χ2v) is 9.40. The zero-order valence-corrected chi connectivity index (χ0v) is 20.3.